The van der Waals surface area contributed by atoms with Crippen molar-refractivity contribution in [2.24, 2.45) is 5.41 Å². The van der Waals surface area contributed by atoms with Crippen molar-refractivity contribution in [1.82, 2.24) is 9.97 Å². The van der Waals surface area contributed by atoms with E-state index in [0.29, 0.717) is 54.5 Å². The second-order valence-electron chi connectivity index (χ2n) is 11.6. The van der Waals surface area contributed by atoms with Crippen LogP contribution < -0.4 is 19.8 Å². The maximum Gasteiger partial charge on any atom is 0.259 e. The summed E-state index contributed by atoms with van der Waals surface area (Å²) in [6.45, 7) is 7.86. The molecule has 1 unspecified atom stereocenters. The second kappa shape index (κ2) is 11.1. The third kappa shape index (κ3) is 6.57. The van der Waals surface area contributed by atoms with Crippen molar-refractivity contribution >= 4 is 41.0 Å². The first kappa shape index (κ1) is 27.9. The number of benzene rings is 1. The van der Waals surface area contributed by atoms with Crippen LogP contribution in [0.15, 0.2) is 18.2 Å². The number of nitrogens with one attached hydrogen (secondary N) is 2. The molecule has 1 aliphatic carbocycles. The smallest absolute Gasteiger partial charge is 0.259 e. The number of aliphatic hydroxyl groups is 1. The minimum atomic E-state index is -1.19. The van der Waals surface area contributed by atoms with Gasteiger partial charge in [-0.25, -0.2) is 13.8 Å². The van der Waals surface area contributed by atoms with Crippen molar-refractivity contribution in [1.29, 1.82) is 0 Å². The summed E-state index contributed by atoms with van der Waals surface area (Å²) >= 11 is 1.24. The van der Waals surface area contributed by atoms with Gasteiger partial charge in [-0.3, -0.25) is 4.79 Å². The lowest BCUT2D eigenvalue weighted by atomic mass is 9.93. The van der Waals surface area contributed by atoms with Crippen LogP contribution in [-0.2, 0) is 0 Å². The van der Waals surface area contributed by atoms with E-state index < -0.39 is 17.4 Å². The van der Waals surface area contributed by atoms with Crippen LogP contribution in [0.2, 0.25) is 0 Å². The van der Waals surface area contributed by atoms with Gasteiger partial charge in [0.15, 0.2) is 0 Å². The number of hydrogen-bond donors (Lipinski definition) is 3. The van der Waals surface area contributed by atoms with Crippen molar-refractivity contribution in [2.45, 2.75) is 70.2 Å². The molecule has 212 valence electrons. The first-order valence-electron chi connectivity index (χ1n) is 13.8. The molecule has 8 nitrogen and oxygen atoms in total. The van der Waals surface area contributed by atoms with Gasteiger partial charge in [-0.2, -0.15) is 4.98 Å². The van der Waals surface area contributed by atoms with Crippen molar-refractivity contribution < 1.29 is 18.7 Å². The van der Waals surface area contributed by atoms with Crippen LogP contribution in [0.4, 0.5) is 31.9 Å². The van der Waals surface area contributed by atoms with Crippen LogP contribution in [0.5, 0.6) is 0 Å². The molecule has 5 rings (SSSR count). The fourth-order valence-electron chi connectivity index (χ4n) is 5.30. The molecule has 3 aliphatic rings. The molecule has 2 aromatic rings. The van der Waals surface area contributed by atoms with Crippen LogP contribution in [0.25, 0.3) is 0 Å². The second-order valence-corrected chi connectivity index (χ2v) is 12.8. The number of anilines is 4. The van der Waals surface area contributed by atoms with Gasteiger partial charge in [0, 0.05) is 43.2 Å². The number of alkyl halides is 1. The Bertz CT molecular complexity index is 1200. The molecule has 1 spiro atoms. The Morgan fingerprint density at radius 2 is 1.74 bits per heavy atom. The molecular formula is C28H38F2N6O2S. The van der Waals surface area contributed by atoms with Crippen molar-refractivity contribution in [2.75, 3.05) is 52.6 Å². The molecule has 1 atom stereocenters. The molecule has 0 bridgehead atoms. The fourth-order valence-corrected chi connectivity index (χ4v) is 5.86. The van der Waals surface area contributed by atoms with Gasteiger partial charge in [-0.05, 0) is 88.8 Å². The SMILES string of the molecule is Cc1cc(NC(=O)c2cc(F)c(NSC(C)CO)cc2N2CCC3(CC2)CC3)nc(N2CCC(C)(F)CC2)n1. The summed E-state index contributed by atoms with van der Waals surface area (Å²) < 4.78 is 32.5. The highest BCUT2D eigenvalue weighted by molar-refractivity contribution is 8.01. The van der Waals surface area contributed by atoms with Crippen molar-refractivity contribution in [3.05, 3.63) is 35.3 Å². The maximum absolute atomic E-state index is 15.2. The van der Waals surface area contributed by atoms with Gasteiger partial charge >= 0.3 is 0 Å². The molecule has 11 heteroatoms. The standard InChI is InChI=1S/C28H38F2N6O2S/c1-18-14-24(33-26(31-18)36-10-6-27(3,30)7-11-36)32-25(38)20-15-21(29)22(34-39-19(2)17-37)16-23(20)35-12-8-28(4-5-28)9-13-35/h14-16,19,34,37H,4-13,17H2,1-3H3,(H,31,32,33,38). The quantitative estimate of drug-likeness (QED) is 0.374. The monoisotopic (exact) mass is 560 g/mol. The van der Waals surface area contributed by atoms with Crippen LogP contribution >= 0.6 is 11.9 Å². The zero-order valence-corrected chi connectivity index (χ0v) is 23.7. The Morgan fingerprint density at radius 3 is 2.38 bits per heavy atom. The number of rotatable bonds is 8. The van der Waals surface area contributed by atoms with E-state index in [1.165, 1.54) is 30.9 Å². The van der Waals surface area contributed by atoms with Crippen molar-refractivity contribution in [3.63, 3.8) is 0 Å². The zero-order chi connectivity index (χ0) is 27.8. The highest BCUT2D eigenvalue weighted by Gasteiger charge is 2.44. The molecule has 0 radical (unpaired) electrons. The van der Waals surface area contributed by atoms with Crippen LogP contribution in [-0.4, -0.2) is 64.7 Å². The lowest BCUT2D eigenvalue weighted by Gasteiger charge is -2.35. The van der Waals surface area contributed by atoms with Crippen LogP contribution in [0.3, 0.4) is 0 Å². The Labute approximate surface area is 233 Å². The van der Waals surface area contributed by atoms with Gasteiger partial charge in [-0.1, -0.05) is 0 Å². The minimum Gasteiger partial charge on any atom is -0.395 e. The van der Waals surface area contributed by atoms with E-state index in [1.807, 2.05) is 18.7 Å². The molecule has 3 heterocycles. The predicted molar refractivity (Wildman–Crippen MR) is 153 cm³/mol. The summed E-state index contributed by atoms with van der Waals surface area (Å²) in [4.78, 5) is 26.8. The topological polar surface area (TPSA) is 93.6 Å². The number of halogens is 2. The average Bonchev–Trinajstić information content (AvgIpc) is 3.66. The molecule has 1 saturated carbocycles. The van der Waals surface area contributed by atoms with Gasteiger partial charge in [0.25, 0.3) is 5.91 Å². The summed E-state index contributed by atoms with van der Waals surface area (Å²) in [7, 11) is 0. The number of carbonyl (C=O) groups is 1. The van der Waals surface area contributed by atoms with E-state index >= 15 is 4.39 Å². The van der Waals surface area contributed by atoms with Gasteiger partial charge in [0.1, 0.15) is 17.3 Å². The number of aryl methyl sites for hydroxylation is 1. The highest BCUT2D eigenvalue weighted by atomic mass is 32.2. The molecule has 1 aromatic heterocycles. The Kier molecular flexibility index (Phi) is 7.92. The molecule has 3 fully saturated rings. The number of nitrogens with zero attached hydrogens (tertiary/aromatic N) is 4. The number of carbonyl (C=O) groups excluding carboxylic acids is 1. The normalized spacial score (nSPS) is 20.6. The van der Waals surface area contributed by atoms with Gasteiger partial charge < -0.3 is 24.9 Å². The third-order valence-corrected chi connectivity index (χ3v) is 9.14. The lowest BCUT2D eigenvalue weighted by Crippen LogP contribution is -2.41. The molecule has 39 heavy (non-hydrogen) atoms. The van der Waals surface area contributed by atoms with Crippen LogP contribution in [0, 0.1) is 18.2 Å². The molecule has 3 N–H and O–H groups in total. The van der Waals surface area contributed by atoms with Crippen LogP contribution in [0.1, 0.15) is 68.4 Å². The number of aliphatic hydroxyl groups excluding tert-OH is 1. The molecule has 2 aliphatic heterocycles. The highest BCUT2D eigenvalue weighted by Crippen LogP contribution is 2.54. The Balaban J connectivity index is 1.39. The number of hydrogen-bond acceptors (Lipinski definition) is 8. The minimum absolute atomic E-state index is 0.0360. The van der Waals surface area contributed by atoms with Crippen molar-refractivity contribution in [3.8, 4) is 0 Å². The predicted octanol–water partition coefficient (Wildman–Crippen LogP) is 5.33. The molecule has 2 saturated heterocycles. The number of piperidine rings is 2. The van der Waals surface area contributed by atoms with Gasteiger partial charge in [-0.15, -0.1) is 0 Å². The molecular weight excluding hydrogens is 522 g/mol. The Hall–Kier alpha value is -2.66. The Morgan fingerprint density at radius 1 is 1.08 bits per heavy atom. The fraction of sp³-hybridized carbons (Fsp3) is 0.607. The molecule has 1 aromatic carbocycles. The van der Waals surface area contributed by atoms with Gasteiger partial charge in [0.05, 0.1) is 23.5 Å². The number of amides is 1. The summed E-state index contributed by atoms with van der Waals surface area (Å²) in [6, 6.07) is 4.66. The average molecular weight is 561 g/mol. The van der Waals surface area contributed by atoms with E-state index in [2.05, 4.69) is 24.9 Å². The first-order valence-corrected chi connectivity index (χ1v) is 14.7. The summed E-state index contributed by atoms with van der Waals surface area (Å²) in [6.07, 6.45) is 5.43. The summed E-state index contributed by atoms with van der Waals surface area (Å²) in [5.41, 5.74) is 1.14. The van der Waals surface area contributed by atoms with E-state index in [9.17, 15) is 14.3 Å². The maximum atomic E-state index is 15.2. The van der Waals surface area contributed by atoms with Gasteiger partial charge in [0.2, 0.25) is 5.95 Å². The molecule has 1 amide bonds. The summed E-state index contributed by atoms with van der Waals surface area (Å²) in [5, 5.41) is 12.1. The first-order chi connectivity index (χ1) is 18.6. The number of aromatic nitrogens is 2. The largest absolute Gasteiger partial charge is 0.395 e. The van der Waals surface area contributed by atoms with E-state index in [-0.39, 0.29) is 23.1 Å². The van der Waals surface area contributed by atoms with E-state index in [4.69, 9.17) is 0 Å². The third-order valence-electron chi connectivity index (χ3n) is 8.25. The zero-order valence-electron chi connectivity index (χ0n) is 22.9. The van der Waals surface area contributed by atoms with E-state index in [1.54, 1.807) is 19.1 Å². The lowest BCUT2D eigenvalue weighted by molar-refractivity contribution is 0.102. The summed E-state index contributed by atoms with van der Waals surface area (Å²) in [5.74, 6) is -0.211. The van der Waals surface area contributed by atoms with E-state index in [0.717, 1.165) is 25.9 Å².